The maximum atomic E-state index is 13.0. The average molecular weight is 553 g/mol. The number of nitrogens with one attached hydrogen (secondary N) is 1. The van der Waals surface area contributed by atoms with Crippen LogP contribution in [0, 0.1) is 0 Å². The molecule has 182 valence electrons. The number of halogens is 1. The van der Waals surface area contributed by atoms with Crippen LogP contribution in [-0.4, -0.2) is 13.0 Å². The highest BCUT2D eigenvalue weighted by Crippen LogP contribution is 2.26. The van der Waals surface area contributed by atoms with Crippen LogP contribution in [0.4, 0.5) is 5.69 Å². The number of thiazole rings is 1. The maximum Gasteiger partial charge on any atom is 0.308 e. The second kappa shape index (κ2) is 10.5. The first-order chi connectivity index (χ1) is 17.4. The third-order valence-corrected chi connectivity index (χ3v) is 9.21. The van der Waals surface area contributed by atoms with Crippen molar-refractivity contribution in [2.75, 3.05) is 4.72 Å². The molecular formula is C27H21ClN2O3S3. The van der Waals surface area contributed by atoms with Crippen LogP contribution in [0.2, 0.25) is 5.02 Å². The Morgan fingerprint density at radius 2 is 1.56 bits per heavy atom. The monoisotopic (exact) mass is 552 g/mol. The lowest BCUT2D eigenvalue weighted by Crippen LogP contribution is -2.14. The smallest absolute Gasteiger partial charge is 0.294 e. The van der Waals surface area contributed by atoms with Gasteiger partial charge in [0.15, 0.2) is 0 Å². The van der Waals surface area contributed by atoms with Crippen molar-refractivity contribution in [1.29, 1.82) is 0 Å². The number of benzene rings is 4. The van der Waals surface area contributed by atoms with E-state index in [2.05, 4.69) is 16.9 Å². The number of rotatable bonds is 8. The first-order valence-electron chi connectivity index (χ1n) is 11.0. The molecule has 1 N–H and O–H groups in total. The van der Waals surface area contributed by atoms with Gasteiger partial charge in [0.1, 0.15) is 0 Å². The van der Waals surface area contributed by atoms with Crippen molar-refractivity contribution in [2.45, 2.75) is 22.1 Å². The third kappa shape index (κ3) is 5.68. The molecule has 9 heteroatoms. The Hall–Kier alpha value is -3.04. The van der Waals surface area contributed by atoms with Gasteiger partial charge in [0.2, 0.25) is 0 Å². The van der Waals surface area contributed by atoms with Gasteiger partial charge in [0.25, 0.3) is 10.0 Å². The van der Waals surface area contributed by atoms with Gasteiger partial charge in [-0.2, -0.15) is 0 Å². The summed E-state index contributed by atoms with van der Waals surface area (Å²) >= 11 is 8.71. The van der Waals surface area contributed by atoms with Gasteiger partial charge in [-0.05, 0) is 65.7 Å². The van der Waals surface area contributed by atoms with E-state index in [-0.39, 0.29) is 9.77 Å². The van der Waals surface area contributed by atoms with E-state index in [1.165, 1.54) is 11.0 Å². The molecule has 0 unspecified atom stereocenters. The Labute approximate surface area is 222 Å². The summed E-state index contributed by atoms with van der Waals surface area (Å²) in [4.78, 5) is 13.8. The van der Waals surface area contributed by atoms with Crippen molar-refractivity contribution in [1.82, 2.24) is 4.57 Å². The van der Waals surface area contributed by atoms with Crippen molar-refractivity contribution in [2.24, 2.45) is 0 Å². The van der Waals surface area contributed by atoms with Crippen molar-refractivity contribution in [3.63, 3.8) is 0 Å². The van der Waals surface area contributed by atoms with Gasteiger partial charge in [-0.25, -0.2) is 8.42 Å². The zero-order valence-corrected chi connectivity index (χ0v) is 22.1. The van der Waals surface area contributed by atoms with E-state index in [0.29, 0.717) is 27.5 Å². The van der Waals surface area contributed by atoms with E-state index in [1.54, 1.807) is 52.7 Å². The topological polar surface area (TPSA) is 68.2 Å². The molecule has 1 aromatic heterocycles. The summed E-state index contributed by atoms with van der Waals surface area (Å²) in [5.74, 6) is 0.791. The number of aromatic nitrogens is 1. The number of sulfonamides is 1. The molecule has 0 aliphatic rings. The van der Waals surface area contributed by atoms with Crippen molar-refractivity contribution >= 4 is 60.6 Å². The molecule has 1 heterocycles. The molecule has 0 saturated carbocycles. The molecule has 0 aliphatic heterocycles. The molecule has 0 radical (unpaired) electrons. The predicted molar refractivity (Wildman–Crippen MR) is 150 cm³/mol. The number of nitrogens with zero attached hydrogens (tertiary/aromatic N) is 1. The van der Waals surface area contributed by atoms with Gasteiger partial charge in [-0.15, -0.1) is 11.8 Å². The molecular weight excluding hydrogens is 532 g/mol. The zero-order valence-electron chi connectivity index (χ0n) is 18.9. The minimum Gasteiger partial charge on any atom is -0.294 e. The summed E-state index contributed by atoms with van der Waals surface area (Å²) in [5, 5.41) is 0.629. The van der Waals surface area contributed by atoms with E-state index in [4.69, 9.17) is 11.6 Å². The molecule has 0 bridgehead atoms. The summed E-state index contributed by atoms with van der Waals surface area (Å²) < 4.78 is 31.0. The molecule has 0 spiro atoms. The molecule has 36 heavy (non-hydrogen) atoms. The molecule has 0 fully saturated rings. The average Bonchev–Trinajstić information content (AvgIpc) is 3.19. The quantitative estimate of drug-likeness (QED) is 0.214. The number of thioether (sulfide) groups is 1. The van der Waals surface area contributed by atoms with Crippen LogP contribution >= 0.6 is 34.7 Å². The standard InChI is InChI=1S/C27H21ClN2O3S3/c28-21-10-6-19(7-11-21)17-30-25-15-14-24(16-26(25)35-27(30)31)36(32,33)29-22-12-8-20(9-13-22)18-34-23-4-2-1-3-5-23/h1-16,29H,17-18H2. The number of hydrogen-bond acceptors (Lipinski definition) is 5. The predicted octanol–water partition coefficient (Wildman–Crippen LogP) is 6.86. The highest BCUT2D eigenvalue weighted by molar-refractivity contribution is 7.98. The largest absolute Gasteiger partial charge is 0.308 e. The van der Waals surface area contributed by atoms with Gasteiger partial charge in [-0.1, -0.05) is 65.4 Å². The van der Waals surface area contributed by atoms with Crippen molar-refractivity contribution in [3.05, 3.63) is 123 Å². The second-order valence-corrected chi connectivity index (χ2v) is 12.3. The lowest BCUT2D eigenvalue weighted by molar-refractivity contribution is 0.601. The third-order valence-electron chi connectivity index (χ3n) is 5.56. The molecule has 5 aromatic rings. The summed E-state index contributed by atoms with van der Waals surface area (Å²) in [6, 6.07) is 29.5. The number of anilines is 1. The van der Waals surface area contributed by atoms with Crippen LogP contribution in [-0.2, 0) is 22.3 Å². The van der Waals surface area contributed by atoms with Gasteiger partial charge in [-0.3, -0.25) is 14.1 Å². The fourth-order valence-corrected chi connectivity index (χ4v) is 6.79. The van der Waals surface area contributed by atoms with Crippen LogP contribution in [0.5, 0.6) is 0 Å². The van der Waals surface area contributed by atoms with Crippen LogP contribution in [0.1, 0.15) is 11.1 Å². The maximum absolute atomic E-state index is 13.0. The van der Waals surface area contributed by atoms with E-state index in [0.717, 1.165) is 28.2 Å². The first-order valence-corrected chi connectivity index (χ1v) is 14.7. The van der Waals surface area contributed by atoms with E-state index in [9.17, 15) is 13.2 Å². The van der Waals surface area contributed by atoms with Crippen LogP contribution in [0.3, 0.4) is 0 Å². The molecule has 0 saturated heterocycles. The van der Waals surface area contributed by atoms with E-state index < -0.39 is 10.0 Å². The Kier molecular flexibility index (Phi) is 7.20. The first kappa shape index (κ1) is 24.6. The van der Waals surface area contributed by atoms with Crippen LogP contribution < -0.4 is 9.60 Å². The lowest BCUT2D eigenvalue weighted by atomic mass is 10.2. The van der Waals surface area contributed by atoms with Gasteiger partial charge >= 0.3 is 4.87 Å². The van der Waals surface area contributed by atoms with Crippen molar-refractivity contribution in [3.8, 4) is 0 Å². The Balaban J connectivity index is 1.31. The zero-order chi connectivity index (χ0) is 25.1. The SMILES string of the molecule is O=c1sc2cc(S(=O)(=O)Nc3ccc(CSc4ccccc4)cc3)ccc2n1Cc1ccc(Cl)cc1. The van der Waals surface area contributed by atoms with Crippen molar-refractivity contribution < 1.29 is 8.42 Å². The Morgan fingerprint density at radius 3 is 2.28 bits per heavy atom. The van der Waals surface area contributed by atoms with Crippen LogP contribution in [0.15, 0.2) is 112 Å². The molecule has 5 rings (SSSR count). The minimum absolute atomic E-state index is 0.110. The van der Waals surface area contributed by atoms with Gasteiger partial charge in [0.05, 0.1) is 21.7 Å². The molecule has 0 amide bonds. The fourth-order valence-electron chi connectivity index (χ4n) is 3.70. The summed E-state index contributed by atoms with van der Waals surface area (Å²) in [6.45, 7) is 0.384. The van der Waals surface area contributed by atoms with Gasteiger partial charge < -0.3 is 0 Å². The highest BCUT2D eigenvalue weighted by Gasteiger charge is 2.17. The summed E-state index contributed by atoms with van der Waals surface area (Å²) in [6.07, 6.45) is 0. The fraction of sp³-hybridized carbons (Fsp3) is 0.0741. The lowest BCUT2D eigenvalue weighted by Gasteiger charge is -2.10. The number of hydrogen-bond donors (Lipinski definition) is 1. The van der Waals surface area contributed by atoms with E-state index in [1.807, 2.05) is 42.5 Å². The Morgan fingerprint density at radius 1 is 0.861 bits per heavy atom. The minimum atomic E-state index is -3.81. The molecule has 0 aliphatic carbocycles. The second-order valence-electron chi connectivity index (χ2n) is 8.11. The van der Waals surface area contributed by atoms with E-state index >= 15 is 0 Å². The normalized spacial score (nSPS) is 11.6. The van der Waals surface area contributed by atoms with Crippen LogP contribution in [0.25, 0.3) is 10.2 Å². The number of fused-ring (bicyclic) bond motifs is 1. The molecule has 0 atom stereocenters. The van der Waals surface area contributed by atoms with Gasteiger partial charge in [0, 0.05) is 21.4 Å². The highest BCUT2D eigenvalue weighted by atomic mass is 35.5. The summed E-state index contributed by atoms with van der Waals surface area (Å²) in [5.41, 5.74) is 3.21. The summed E-state index contributed by atoms with van der Waals surface area (Å²) in [7, 11) is -3.81. The molecule has 5 nitrogen and oxygen atoms in total. The molecule has 4 aromatic carbocycles. The Bertz CT molecular complexity index is 1660.